The first-order valence-electron chi connectivity index (χ1n) is 24.0. The van der Waals surface area contributed by atoms with Crippen LogP contribution < -0.4 is 9.80 Å². The van der Waals surface area contributed by atoms with Crippen LogP contribution in [0.2, 0.25) is 0 Å². The first-order chi connectivity index (χ1) is 34.8. The van der Waals surface area contributed by atoms with Gasteiger partial charge in [0.2, 0.25) is 0 Å². The zero-order valence-corrected chi connectivity index (χ0v) is 38.2. The average molecular weight is 893 g/mol. The van der Waals surface area contributed by atoms with Gasteiger partial charge in [-0.05, 0) is 107 Å². The molecule has 0 fully saturated rings. The van der Waals surface area contributed by atoms with Crippen LogP contribution in [0.1, 0.15) is 0 Å². The minimum absolute atomic E-state index is 1.04. The second-order valence-electron chi connectivity index (χ2n) is 18.0. The van der Waals surface area contributed by atoms with Gasteiger partial charge in [0.15, 0.2) is 0 Å². The topological polar surface area (TPSA) is 15.8 Å². The van der Waals surface area contributed by atoms with Crippen LogP contribution in [-0.4, -0.2) is 8.97 Å². The third-order valence-corrected chi connectivity index (χ3v) is 14.2. The lowest BCUT2D eigenvalue weighted by Gasteiger charge is -2.31. The SMILES string of the molecule is c1ccc(-c2ccccc2-c2ccccc2N(c2ccccc2)c2cccc(N(c3ccccc3)c3ccccc3-n3c4cccc5c6cccc7c8ccccc8n(c8cccc3c8c54)c67)c2)cc1. The highest BCUT2D eigenvalue weighted by Gasteiger charge is 2.26. The fourth-order valence-electron chi connectivity index (χ4n) is 11.4. The van der Waals surface area contributed by atoms with Gasteiger partial charge in [-0.1, -0.05) is 182 Å². The Hall–Kier alpha value is -9.38. The van der Waals surface area contributed by atoms with Crippen LogP contribution in [0.4, 0.5) is 34.1 Å². The molecule has 0 N–H and O–H groups in total. The zero-order chi connectivity index (χ0) is 46.1. The molecular formula is C66H44N4. The van der Waals surface area contributed by atoms with Crippen LogP contribution in [0.3, 0.4) is 0 Å². The lowest BCUT2D eigenvalue weighted by Crippen LogP contribution is -2.15. The van der Waals surface area contributed by atoms with Crippen molar-refractivity contribution in [3.63, 3.8) is 0 Å². The Labute approximate surface area is 405 Å². The molecule has 14 aromatic rings. The summed E-state index contributed by atoms with van der Waals surface area (Å²) < 4.78 is 5.01. The van der Waals surface area contributed by atoms with Gasteiger partial charge >= 0.3 is 0 Å². The van der Waals surface area contributed by atoms with Crippen molar-refractivity contribution in [3.05, 3.63) is 267 Å². The second-order valence-corrected chi connectivity index (χ2v) is 18.0. The highest BCUT2D eigenvalue weighted by atomic mass is 15.2. The predicted molar refractivity (Wildman–Crippen MR) is 296 cm³/mol. The molecule has 0 aliphatic heterocycles. The Morgan fingerprint density at radius 1 is 0.271 bits per heavy atom. The van der Waals surface area contributed by atoms with Gasteiger partial charge < -0.3 is 18.8 Å². The molecule has 3 aromatic heterocycles. The summed E-state index contributed by atoms with van der Waals surface area (Å²) in [6.45, 7) is 0. The number of nitrogens with zero attached hydrogens (tertiary/aromatic N) is 4. The smallest absolute Gasteiger partial charge is 0.0702 e. The van der Waals surface area contributed by atoms with Crippen molar-refractivity contribution in [2.75, 3.05) is 9.80 Å². The minimum atomic E-state index is 1.04. The van der Waals surface area contributed by atoms with E-state index in [1.54, 1.807) is 0 Å². The third-order valence-electron chi connectivity index (χ3n) is 14.2. The summed E-state index contributed by atoms with van der Waals surface area (Å²) in [5.41, 5.74) is 18.2. The summed E-state index contributed by atoms with van der Waals surface area (Å²) in [6.07, 6.45) is 0. The maximum absolute atomic E-state index is 2.51. The number of fused-ring (bicyclic) bond motifs is 5. The third kappa shape index (κ3) is 6.10. The number of aromatic nitrogens is 2. The number of rotatable bonds is 9. The fraction of sp³-hybridized carbons (Fsp3) is 0. The van der Waals surface area contributed by atoms with E-state index >= 15 is 0 Å². The molecule has 0 atom stereocenters. The lowest BCUT2D eigenvalue weighted by atomic mass is 9.93. The molecule has 70 heavy (non-hydrogen) atoms. The highest BCUT2D eigenvalue weighted by Crippen LogP contribution is 2.49. The fourth-order valence-corrected chi connectivity index (χ4v) is 11.4. The molecule has 0 bridgehead atoms. The van der Waals surface area contributed by atoms with Crippen LogP contribution >= 0.6 is 0 Å². The number of benzene rings is 11. The molecule has 0 aliphatic rings. The Bertz CT molecular complexity index is 4250. The van der Waals surface area contributed by atoms with Crippen molar-refractivity contribution in [3.8, 4) is 27.9 Å². The van der Waals surface area contributed by atoms with Crippen molar-refractivity contribution in [1.82, 2.24) is 8.97 Å². The van der Waals surface area contributed by atoms with Crippen LogP contribution in [0, 0.1) is 0 Å². The molecule has 4 heteroatoms. The van der Waals surface area contributed by atoms with E-state index in [0.717, 1.165) is 50.9 Å². The summed E-state index contributed by atoms with van der Waals surface area (Å²) in [4.78, 5) is 4.83. The van der Waals surface area contributed by atoms with E-state index in [2.05, 4.69) is 286 Å². The lowest BCUT2D eigenvalue weighted by molar-refractivity contribution is 1.15. The zero-order valence-electron chi connectivity index (χ0n) is 38.2. The molecule has 0 radical (unpaired) electrons. The summed E-state index contributed by atoms with van der Waals surface area (Å²) >= 11 is 0. The van der Waals surface area contributed by atoms with Gasteiger partial charge in [0.1, 0.15) is 0 Å². The van der Waals surface area contributed by atoms with Gasteiger partial charge in [-0.15, -0.1) is 0 Å². The number of anilines is 6. The van der Waals surface area contributed by atoms with Crippen molar-refractivity contribution in [2.45, 2.75) is 0 Å². The van der Waals surface area contributed by atoms with E-state index in [-0.39, 0.29) is 0 Å². The molecule has 0 aliphatic carbocycles. The quantitative estimate of drug-likeness (QED) is 0.143. The monoisotopic (exact) mass is 892 g/mol. The highest BCUT2D eigenvalue weighted by molar-refractivity contribution is 6.31. The summed E-state index contributed by atoms with van der Waals surface area (Å²) in [7, 11) is 0. The Morgan fingerprint density at radius 3 is 1.47 bits per heavy atom. The molecule has 0 saturated heterocycles. The summed E-state index contributed by atoms with van der Waals surface area (Å²) in [5, 5.41) is 7.56. The molecule has 0 saturated carbocycles. The van der Waals surface area contributed by atoms with Gasteiger partial charge in [-0.25, -0.2) is 0 Å². The van der Waals surface area contributed by atoms with Crippen LogP contribution in [-0.2, 0) is 0 Å². The van der Waals surface area contributed by atoms with Crippen LogP contribution in [0.5, 0.6) is 0 Å². The Balaban J connectivity index is 0.999. The molecule has 11 aromatic carbocycles. The first-order valence-corrected chi connectivity index (χ1v) is 24.0. The molecular weight excluding hydrogens is 849 g/mol. The standard InChI is InChI=1S/C66H44N4/c1-4-22-45(23-5-1)50-30-10-11-31-51(50)52-32-12-14-37-57(52)67(46-24-6-2-7-25-46)48-28-18-29-49(44-48)68(47-26-8-3-9-27-47)59-39-16-17-40-60(59)69-61-41-20-34-54-56-36-19-35-55-53-33-13-15-38-58(53)70(66(55)56)63-43-21-42-62(69)65(63)64(54)61/h1-44H. The molecule has 3 heterocycles. The minimum Gasteiger partial charge on any atom is -0.310 e. The van der Waals surface area contributed by atoms with Gasteiger partial charge in [-0.3, -0.25) is 0 Å². The van der Waals surface area contributed by atoms with Crippen molar-refractivity contribution < 1.29 is 0 Å². The summed E-state index contributed by atoms with van der Waals surface area (Å²) in [6, 6.07) is 97.1. The van der Waals surface area contributed by atoms with E-state index in [0.29, 0.717) is 0 Å². The Kier molecular flexibility index (Phi) is 9.17. The molecule has 4 nitrogen and oxygen atoms in total. The summed E-state index contributed by atoms with van der Waals surface area (Å²) in [5.74, 6) is 0. The number of para-hydroxylation sites is 7. The van der Waals surface area contributed by atoms with Crippen LogP contribution in [0.25, 0.3) is 87.8 Å². The largest absolute Gasteiger partial charge is 0.310 e. The second kappa shape index (κ2) is 16.2. The van der Waals surface area contributed by atoms with Crippen molar-refractivity contribution in [2.24, 2.45) is 0 Å². The maximum Gasteiger partial charge on any atom is 0.0702 e. The molecule has 0 unspecified atom stereocenters. The Morgan fingerprint density at radius 2 is 0.729 bits per heavy atom. The molecule has 0 spiro atoms. The average Bonchev–Trinajstić information content (AvgIpc) is 3.92. The molecule has 328 valence electrons. The predicted octanol–water partition coefficient (Wildman–Crippen LogP) is 18.2. The van der Waals surface area contributed by atoms with Gasteiger partial charge in [0.05, 0.1) is 44.6 Å². The van der Waals surface area contributed by atoms with Gasteiger partial charge in [-0.2, -0.15) is 0 Å². The maximum atomic E-state index is 2.51. The van der Waals surface area contributed by atoms with Crippen LogP contribution in [0.15, 0.2) is 267 Å². The van der Waals surface area contributed by atoms with Crippen molar-refractivity contribution in [1.29, 1.82) is 0 Å². The first kappa shape index (κ1) is 39.8. The van der Waals surface area contributed by atoms with Gasteiger partial charge in [0.25, 0.3) is 0 Å². The number of hydrogen-bond acceptors (Lipinski definition) is 2. The number of hydrogen-bond donors (Lipinski definition) is 0. The van der Waals surface area contributed by atoms with E-state index in [1.807, 2.05) is 0 Å². The van der Waals surface area contributed by atoms with E-state index in [4.69, 9.17) is 0 Å². The van der Waals surface area contributed by atoms with E-state index in [9.17, 15) is 0 Å². The normalized spacial score (nSPS) is 11.7. The molecule has 14 rings (SSSR count). The van der Waals surface area contributed by atoms with E-state index < -0.39 is 0 Å². The van der Waals surface area contributed by atoms with E-state index in [1.165, 1.54) is 71.1 Å². The van der Waals surface area contributed by atoms with Gasteiger partial charge in [0, 0.05) is 55.2 Å². The molecule has 0 amide bonds. The van der Waals surface area contributed by atoms with Crippen molar-refractivity contribution >= 4 is 94.0 Å².